The summed E-state index contributed by atoms with van der Waals surface area (Å²) in [6.07, 6.45) is 3.93. The highest BCUT2D eigenvalue weighted by Crippen LogP contribution is 2.18. The Morgan fingerprint density at radius 3 is 1.82 bits per heavy atom. The maximum Gasteiger partial charge on any atom is 0.0221 e. The number of hydrogen-bond acceptors (Lipinski definition) is 4. The van der Waals surface area contributed by atoms with Gasteiger partial charge in [-0.05, 0) is 65.7 Å². The van der Waals surface area contributed by atoms with Gasteiger partial charge >= 0.3 is 0 Å². The van der Waals surface area contributed by atoms with Gasteiger partial charge in [0.05, 0.1) is 0 Å². The molecular weight excluding hydrogens is 272 g/mol. The van der Waals surface area contributed by atoms with Gasteiger partial charge in [0.2, 0.25) is 0 Å². The van der Waals surface area contributed by atoms with Crippen molar-refractivity contribution in [3.63, 3.8) is 0 Å². The predicted octanol–water partition coefficient (Wildman–Crippen LogP) is 2.77. The summed E-state index contributed by atoms with van der Waals surface area (Å²) in [7, 11) is 2.15. The number of nitrogens with zero attached hydrogens (tertiary/aromatic N) is 2. The first-order valence-corrected chi connectivity index (χ1v) is 9.42. The van der Waals surface area contributed by atoms with Crippen molar-refractivity contribution in [3.05, 3.63) is 0 Å². The molecule has 2 atom stereocenters. The van der Waals surface area contributed by atoms with Crippen molar-refractivity contribution in [1.29, 1.82) is 0 Å². The predicted molar refractivity (Wildman–Crippen MR) is 101 cm³/mol. The van der Waals surface area contributed by atoms with Crippen molar-refractivity contribution >= 4 is 0 Å². The molecule has 2 fully saturated rings. The Balaban J connectivity index is 0. The van der Waals surface area contributed by atoms with Crippen LogP contribution < -0.4 is 11.5 Å². The van der Waals surface area contributed by atoms with E-state index >= 15 is 0 Å². The maximum absolute atomic E-state index is 5.62. The van der Waals surface area contributed by atoms with E-state index in [0.29, 0.717) is 12.1 Å². The molecule has 2 aliphatic heterocycles. The summed E-state index contributed by atoms with van der Waals surface area (Å²) >= 11 is 0. The van der Waals surface area contributed by atoms with Gasteiger partial charge in [-0.2, -0.15) is 0 Å². The highest BCUT2D eigenvalue weighted by molar-refractivity contribution is 4.81. The molecule has 0 bridgehead atoms. The molecule has 2 aliphatic rings. The zero-order valence-corrected chi connectivity index (χ0v) is 16.4. The van der Waals surface area contributed by atoms with E-state index in [1.807, 2.05) is 27.7 Å². The Labute approximate surface area is 140 Å². The fourth-order valence-corrected chi connectivity index (χ4v) is 3.01. The van der Waals surface area contributed by atoms with Gasteiger partial charge in [-0.25, -0.2) is 0 Å². The standard InChI is InChI=1S/C8H18N2.C6H14N2.2C2H6/c1-7(2)10-5-3-4-8(10)6-9;1-8-3-2-6(4-7)5-8;2*1-2/h7-8H,3-6,9H2,1-2H3;6H,2-5,7H2,1H3;2*1-2H3. The highest BCUT2D eigenvalue weighted by Gasteiger charge is 2.24. The van der Waals surface area contributed by atoms with E-state index in [-0.39, 0.29) is 0 Å². The summed E-state index contributed by atoms with van der Waals surface area (Å²) in [4.78, 5) is 4.83. The van der Waals surface area contributed by atoms with Crippen LogP contribution in [0.25, 0.3) is 0 Å². The van der Waals surface area contributed by atoms with Crippen LogP contribution in [0.15, 0.2) is 0 Å². The second-order valence-electron chi connectivity index (χ2n) is 6.02. The highest BCUT2D eigenvalue weighted by atomic mass is 15.2. The Bertz CT molecular complexity index is 221. The summed E-state index contributed by atoms with van der Waals surface area (Å²) in [5, 5.41) is 0. The smallest absolute Gasteiger partial charge is 0.0221 e. The minimum atomic E-state index is 0.667. The molecule has 136 valence electrons. The molecule has 0 aromatic heterocycles. The first-order chi connectivity index (χ1) is 10.6. The topological polar surface area (TPSA) is 58.5 Å². The van der Waals surface area contributed by atoms with E-state index in [1.54, 1.807) is 0 Å². The molecule has 2 heterocycles. The first-order valence-electron chi connectivity index (χ1n) is 9.42. The normalized spacial score (nSPS) is 24.8. The second-order valence-corrected chi connectivity index (χ2v) is 6.02. The second kappa shape index (κ2) is 15.7. The number of likely N-dealkylation sites (tertiary alicyclic amines) is 2. The van der Waals surface area contributed by atoms with E-state index in [9.17, 15) is 0 Å². The quantitative estimate of drug-likeness (QED) is 0.840. The number of nitrogens with two attached hydrogens (primary N) is 2. The molecule has 2 unspecified atom stereocenters. The summed E-state index contributed by atoms with van der Waals surface area (Å²) in [6, 6.07) is 1.34. The molecule has 4 heteroatoms. The molecule has 0 saturated carbocycles. The largest absolute Gasteiger partial charge is 0.330 e. The lowest BCUT2D eigenvalue weighted by Crippen LogP contribution is -2.39. The van der Waals surface area contributed by atoms with E-state index in [1.165, 1.54) is 38.9 Å². The molecule has 4 N–H and O–H groups in total. The van der Waals surface area contributed by atoms with E-state index in [0.717, 1.165) is 19.0 Å². The molecule has 2 saturated heterocycles. The van der Waals surface area contributed by atoms with Crippen LogP contribution in [0.3, 0.4) is 0 Å². The van der Waals surface area contributed by atoms with Crippen LogP contribution in [0.5, 0.6) is 0 Å². The van der Waals surface area contributed by atoms with E-state index in [4.69, 9.17) is 11.5 Å². The van der Waals surface area contributed by atoms with Crippen LogP contribution in [0.2, 0.25) is 0 Å². The van der Waals surface area contributed by atoms with Crippen LogP contribution in [-0.4, -0.2) is 61.7 Å². The van der Waals surface area contributed by atoms with Crippen LogP contribution >= 0.6 is 0 Å². The summed E-state index contributed by atoms with van der Waals surface area (Å²) in [5.41, 5.74) is 11.1. The fraction of sp³-hybridized carbons (Fsp3) is 1.00. The van der Waals surface area contributed by atoms with Crippen LogP contribution in [-0.2, 0) is 0 Å². The first kappa shape index (κ1) is 24.1. The van der Waals surface area contributed by atoms with E-state index < -0.39 is 0 Å². The number of hydrogen-bond donors (Lipinski definition) is 2. The molecule has 4 nitrogen and oxygen atoms in total. The van der Waals surface area contributed by atoms with Gasteiger partial charge in [0.15, 0.2) is 0 Å². The third-order valence-electron chi connectivity index (χ3n) is 4.18. The molecule has 2 rings (SSSR count). The molecule has 0 aromatic rings. The van der Waals surface area contributed by atoms with Crippen molar-refractivity contribution in [2.45, 2.75) is 72.9 Å². The molecule has 0 aliphatic carbocycles. The Kier molecular flexibility index (Phi) is 17.2. The monoisotopic (exact) mass is 316 g/mol. The summed E-state index contributed by atoms with van der Waals surface area (Å²) in [5.74, 6) is 0.778. The van der Waals surface area contributed by atoms with Gasteiger partial charge in [0.1, 0.15) is 0 Å². The average Bonchev–Trinajstić information content (AvgIpc) is 3.20. The van der Waals surface area contributed by atoms with Crippen molar-refractivity contribution < 1.29 is 0 Å². The van der Waals surface area contributed by atoms with Crippen molar-refractivity contribution in [3.8, 4) is 0 Å². The summed E-state index contributed by atoms with van der Waals surface area (Å²) < 4.78 is 0. The van der Waals surface area contributed by atoms with Crippen molar-refractivity contribution in [1.82, 2.24) is 9.80 Å². The van der Waals surface area contributed by atoms with Crippen LogP contribution in [0.4, 0.5) is 0 Å². The molecular formula is C18H44N4. The lowest BCUT2D eigenvalue weighted by atomic mass is 10.1. The number of rotatable bonds is 3. The third kappa shape index (κ3) is 9.78. The molecule has 22 heavy (non-hydrogen) atoms. The summed E-state index contributed by atoms with van der Waals surface area (Å²) in [6.45, 7) is 17.9. The molecule has 0 spiro atoms. The Morgan fingerprint density at radius 2 is 1.55 bits per heavy atom. The molecule has 0 amide bonds. The lowest BCUT2D eigenvalue weighted by Gasteiger charge is -2.26. The van der Waals surface area contributed by atoms with Gasteiger partial charge in [0.25, 0.3) is 0 Å². The third-order valence-corrected chi connectivity index (χ3v) is 4.18. The van der Waals surface area contributed by atoms with Crippen molar-refractivity contribution in [2.24, 2.45) is 17.4 Å². The van der Waals surface area contributed by atoms with Crippen LogP contribution in [0, 0.1) is 5.92 Å². The Morgan fingerprint density at radius 1 is 0.955 bits per heavy atom. The van der Waals surface area contributed by atoms with E-state index in [2.05, 4.69) is 30.7 Å². The zero-order valence-electron chi connectivity index (χ0n) is 16.4. The zero-order chi connectivity index (χ0) is 17.5. The van der Waals surface area contributed by atoms with Crippen LogP contribution in [0.1, 0.15) is 60.8 Å². The maximum atomic E-state index is 5.62. The van der Waals surface area contributed by atoms with Gasteiger partial charge in [-0.15, -0.1) is 0 Å². The average molecular weight is 317 g/mol. The van der Waals surface area contributed by atoms with Gasteiger partial charge in [0, 0.05) is 25.2 Å². The van der Waals surface area contributed by atoms with Gasteiger partial charge < -0.3 is 16.4 Å². The van der Waals surface area contributed by atoms with Gasteiger partial charge in [-0.3, -0.25) is 4.90 Å². The fourth-order valence-electron chi connectivity index (χ4n) is 3.01. The van der Waals surface area contributed by atoms with Gasteiger partial charge in [-0.1, -0.05) is 27.7 Å². The molecule has 0 radical (unpaired) electrons. The minimum absolute atomic E-state index is 0.667. The SMILES string of the molecule is CC.CC.CC(C)N1CCCC1CN.CN1CCC(CN)C1. The molecule has 0 aromatic carbocycles. The Hall–Kier alpha value is -0.160. The minimum Gasteiger partial charge on any atom is -0.330 e. The van der Waals surface area contributed by atoms with Crippen molar-refractivity contribution in [2.75, 3.05) is 39.8 Å². The lowest BCUT2D eigenvalue weighted by molar-refractivity contribution is 0.208.